The Morgan fingerprint density at radius 2 is 1.67 bits per heavy atom. The summed E-state index contributed by atoms with van der Waals surface area (Å²) < 4.78 is 24.8. The number of carbonyl (C=O) groups is 1. The zero-order valence-corrected chi connectivity index (χ0v) is 17.0. The molecule has 0 unspecified atom stereocenters. The highest BCUT2D eigenvalue weighted by Gasteiger charge is 2.07. The van der Waals surface area contributed by atoms with Crippen molar-refractivity contribution in [2.45, 2.75) is 26.3 Å². The average Bonchev–Trinajstić information content (AvgIpc) is 2.60. The first-order valence-electron chi connectivity index (χ1n) is 8.74. The number of sulfonamides is 1. The van der Waals surface area contributed by atoms with Gasteiger partial charge in [0.2, 0.25) is 15.9 Å². The van der Waals surface area contributed by atoms with Gasteiger partial charge in [0.05, 0.1) is 6.26 Å². The van der Waals surface area contributed by atoms with Crippen LogP contribution in [0.25, 0.3) is 6.08 Å². The van der Waals surface area contributed by atoms with Crippen LogP contribution >= 0.6 is 0 Å². The molecule has 2 aromatic rings. The molecule has 144 valence electrons. The van der Waals surface area contributed by atoms with Crippen LogP contribution in [0.5, 0.6) is 0 Å². The lowest BCUT2D eigenvalue weighted by Gasteiger charge is -2.16. The van der Waals surface area contributed by atoms with Gasteiger partial charge in [-0.3, -0.25) is 9.52 Å². The summed E-state index contributed by atoms with van der Waals surface area (Å²) in [6.45, 7) is 4.84. The number of amides is 1. The van der Waals surface area contributed by atoms with Gasteiger partial charge in [-0.15, -0.1) is 0 Å². The molecule has 1 N–H and O–H groups in total. The lowest BCUT2D eigenvalue weighted by Crippen LogP contribution is -2.24. The summed E-state index contributed by atoms with van der Waals surface area (Å²) in [7, 11) is -1.53. The number of nitrogens with zero attached hydrogens (tertiary/aromatic N) is 1. The SMILES string of the molecule is CC(C)c1ccc(CN(C)C(=O)/C=C/c2ccc(NS(C)(=O)=O)cc2)cc1. The van der Waals surface area contributed by atoms with E-state index in [1.165, 1.54) is 11.6 Å². The van der Waals surface area contributed by atoms with E-state index in [4.69, 9.17) is 0 Å². The summed E-state index contributed by atoms with van der Waals surface area (Å²) in [4.78, 5) is 14.0. The summed E-state index contributed by atoms with van der Waals surface area (Å²) in [5.74, 6) is 0.390. The minimum absolute atomic E-state index is 0.0960. The molecule has 0 radical (unpaired) electrons. The number of rotatable bonds is 7. The van der Waals surface area contributed by atoms with E-state index in [2.05, 4.69) is 42.8 Å². The molecular weight excluding hydrogens is 360 g/mol. The van der Waals surface area contributed by atoms with Gasteiger partial charge in [0.25, 0.3) is 0 Å². The van der Waals surface area contributed by atoms with E-state index in [-0.39, 0.29) is 5.91 Å². The van der Waals surface area contributed by atoms with Crippen LogP contribution in [-0.2, 0) is 21.4 Å². The van der Waals surface area contributed by atoms with Gasteiger partial charge in [0.15, 0.2) is 0 Å². The summed E-state index contributed by atoms with van der Waals surface area (Å²) in [5, 5.41) is 0. The normalized spacial score (nSPS) is 11.7. The van der Waals surface area contributed by atoms with E-state index in [1.54, 1.807) is 42.3 Å². The Labute approximate surface area is 161 Å². The smallest absolute Gasteiger partial charge is 0.246 e. The van der Waals surface area contributed by atoms with Crippen molar-refractivity contribution in [2.24, 2.45) is 0 Å². The molecule has 5 nitrogen and oxygen atoms in total. The Hall–Kier alpha value is -2.60. The van der Waals surface area contributed by atoms with Crippen LogP contribution in [0.1, 0.15) is 36.5 Å². The van der Waals surface area contributed by atoms with Gasteiger partial charge in [-0.05, 0) is 40.8 Å². The summed E-state index contributed by atoms with van der Waals surface area (Å²) in [6, 6.07) is 15.1. The predicted molar refractivity (Wildman–Crippen MR) is 111 cm³/mol. The Kier molecular flexibility index (Phi) is 6.80. The van der Waals surface area contributed by atoms with Crippen molar-refractivity contribution in [1.29, 1.82) is 0 Å². The minimum atomic E-state index is -3.29. The molecule has 2 rings (SSSR count). The topological polar surface area (TPSA) is 66.5 Å². The van der Waals surface area contributed by atoms with Crippen molar-refractivity contribution in [3.8, 4) is 0 Å². The minimum Gasteiger partial charge on any atom is -0.338 e. The van der Waals surface area contributed by atoms with Crippen LogP contribution in [0.2, 0.25) is 0 Å². The van der Waals surface area contributed by atoms with Crippen LogP contribution in [0.4, 0.5) is 5.69 Å². The highest BCUT2D eigenvalue weighted by atomic mass is 32.2. The molecule has 0 aliphatic heterocycles. The highest BCUT2D eigenvalue weighted by Crippen LogP contribution is 2.16. The summed E-state index contributed by atoms with van der Waals surface area (Å²) >= 11 is 0. The second-order valence-corrected chi connectivity index (χ2v) is 8.67. The van der Waals surface area contributed by atoms with Gasteiger partial charge in [-0.1, -0.05) is 50.2 Å². The standard InChI is InChI=1S/C21H26N2O3S/c1-16(2)19-10-5-18(6-11-19)15-23(3)21(24)14-9-17-7-12-20(13-8-17)22-27(4,25)26/h5-14,16,22H,15H2,1-4H3/b14-9+. The molecule has 0 aliphatic carbocycles. The van der Waals surface area contributed by atoms with Crippen LogP contribution in [0, 0.1) is 0 Å². The van der Waals surface area contributed by atoms with Crippen LogP contribution < -0.4 is 4.72 Å². The van der Waals surface area contributed by atoms with Crippen molar-refractivity contribution < 1.29 is 13.2 Å². The van der Waals surface area contributed by atoms with Gasteiger partial charge in [0.1, 0.15) is 0 Å². The summed E-state index contributed by atoms with van der Waals surface area (Å²) in [6.07, 6.45) is 4.33. The third-order valence-electron chi connectivity index (χ3n) is 4.07. The zero-order valence-electron chi connectivity index (χ0n) is 16.1. The molecule has 0 aliphatic rings. The predicted octanol–water partition coefficient (Wildman–Crippen LogP) is 3.85. The maximum Gasteiger partial charge on any atom is 0.246 e. The van der Waals surface area contributed by atoms with Crippen LogP contribution in [0.15, 0.2) is 54.6 Å². The maximum absolute atomic E-state index is 12.3. The van der Waals surface area contributed by atoms with Crippen molar-refractivity contribution in [2.75, 3.05) is 18.0 Å². The van der Waals surface area contributed by atoms with E-state index >= 15 is 0 Å². The Bertz CT molecular complexity index is 899. The quantitative estimate of drug-likeness (QED) is 0.735. The molecule has 0 spiro atoms. The molecule has 27 heavy (non-hydrogen) atoms. The number of carbonyl (C=O) groups excluding carboxylic acids is 1. The van der Waals surface area contributed by atoms with Crippen molar-refractivity contribution >= 4 is 27.7 Å². The number of anilines is 1. The molecule has 0 saturated heterocycles. The van der Waals surface area contributed by atoms with E-state index in [0.717, 1.165) is 17.4 Å². The Morgan fingerprint density at radius 1 is 1.07 bits per heavy atom. The third kappa shape index (κ3) is 6.90. The molecular formula is C21H26N2O3S. The Balaban J connectivity index is 1.95. The number of benzene rings is 2. The number of hydrogen-bond acceptors (Lipinski definition) is 3. The highest BCUT2D eigenvalue weighted by molar-refractivity contribution is 7.92. The first kappa shape index (κ1) is 20.7. The van der Waals surface area contributed by atoms with Crippen molar-refractivity contribution in [3.05, 3.63) is 71.3 Å². The van der Waals surface area contributed by atoms with Gasteiger partial charge >= 0.3 is 0 Å². The molecule has 1 amide bonds. The lowest BCUT2D eigenvalue weighted by atomic mass is 10.0. The average molecular weight is 387 g/mol. The Morgan fingerprint density at radius 3 is 2.19 bits per heavy atom. The van der Waals surface area contributed by atoms with E-state index < -0.39 is 10.0 Å². The molecule has 0 saturated carbocycles. The molecule has 0 heterocycles. The van der Waals surface area contributed by atoms with Gasteiger partial charge < -0.3 is 4.90 Å². The van der Waals surface area contributed by atoms with Crippen molar-refractivity contribution in [1.82, 2.24) is 4.90 Å². The molecule has 6 heteroatoms. The molecule has 0 atom stereocenters. The van der Waals surface area contributed by atoms with Gasteiger partial charge in [0, 0.05) is 25.4 Å². The second kappa shape index (κ2) is 8.86. The lowest BCUT2D eigenvalue weighted by molar-refractivity contribution is -0.125. The molecule has 0 bridgehead atoms. The largest absolute Gasteiger partial charge is 0.338 e. The van der Waals surface area contributed by atoms with Gasteiger partial charge in [-0.2, -0.15) is 0 Å². The fourth-order valence-corrected chi connectivity index (χ4v) is 3.10. The first-order chi connectivity index (χ1) is 12.6. The fraction of sp³-hybridized carbons (Fsp3) is 0.286. The van der Waals surface area contributed by atoms with Crippen LogP contribution in [-0.4, -0.2) is 32.5 Å². The summed E-state index contributed by atoms with van der Waals surface area (Å²) in [5.41, 5.74) is 3.67. The maximum atomic E-state index is 12.3. The fourth-order valence-electron chi connectivity index (χ4n) is 2.53. The second-order valence-electron chi connectivity index (χ2n) is 6.92. The van der Waals surface area contributed by atoms with Crippen LogP contribution in [0.3, 0.4) is 0 Å². The number of nitrogens with one attached hydrogen (secondary N) is 1. The third-order valence-corrected chi connectivity index (χ3v) is 4.68. The molecule has 0 aromatic heterocycles. The zero-order chi connectivity index (χ0) is 20.0. The van der Waals surface area contributed by atoms with Crippen molar-refractivity contribution in [3.63, 3.8) is 0 Å². The number of hydrogen-bond donors (Lipinski definition) is 1. The molecule has 0 fully saturated rings. The first-order valence-corrected chi connectivity index (χ1v) is 10.6. The number of likely N-dealkylation sites (N-methyl/N-ethyl adjacent to an activating group) is 1. The van der Waals surface area contributed by atoms with E-state index in [1.807, 2.05) is 0 Å². The van der Waals surface area contributed by atoms with E-state index in [9.17, 15) is 13.2 Å². The molecule has 2 aromatic carbocycles. The monoisotopic (exact) mass is 386 g/mol. The van der Waals surface area contributed by atoms with Gasteiger partial charge in [-0.25, -0.2) is 8.42 Å². The van der Waals surface area contributed by atoms with E-state index in [0.29, 0.717) is 18.2 Å².